The number of amides is 1. The first kappa shape index (κ1) is 17.2. The van der Waals surface area contributed by atoms with Crippen LogP contribution in [-0.2, 0) is 11.3 Å². The van der Waals surface area contributed by atoms with Crippen LogP contribution in [0, 0.1) is 0 Å². The summed E-state index contributed by atoms with van der Waals surface area (Å²) in [6, 6.07) is 13.9. The van der Waals surface area contributed by atoms with E-state index in [-0.39, 0.29) is 5.91 Å². The van der Waals surface area contributed by atoms with Gasteiger partial charge in [-0.3, -0.25) is 4.79 Å². The molecule has 130 valence electrons. The zero-order valence-electron chi connectivity index (χ0n) is 14.5. The Morgan fingerprint density at radius 1 is 1.04 bits per heavy atom. The van der Waals surface area contributed by atoms with Gasteiger partial charge in [0.25, 0.3) is 0 Å². The Balaban J connectivity index is 1.49. The van der Waals surface area contributed by atoms with Crippen molar-refractivity contribution in [1.29, 1.82) is 0 Å². The zero-order valence-corrected chi connectivity index (χ0v) is 14.5. The fraction of sp³-hybridized carbons (Fsp3) is 0.333. The maximum Gasteiger partial charge on any atom is 0.244 e. The van der Waals surface area contributed by atoms with E-state index in [1.165, 1.54) is 25.7 Å². The summed E-state index contributed by atoms with van der Waals surface area (Å²) >= 11 is 0. The van der Waals surface area contributed by atoms with Gasteiger partial charge in [-0.2, -0.15) is 0 Å². The monoisotopic (exact) mass is 335 g/mol. The van der Waals surface area contributed by atoms with E-state index in [0.29, 0.717) is 6.54 Å². The van der Waals surface area contributed by atoms with Crippen LogP contribution in [0.15, 0.2) is 54.7 Å². The third-order valence-corrected chi connectivity index (χ3v) is 4.43. The van der Waals surface area contributed by atoms with Gasteiger partial charge in [0.05, 0.1) is 0 Å². The molecule has 4 heteroatoms. The molecule has 0 atom stereocenters. The summed E-state index contributed by atoms with van der Waals surface area (Å²) in [7, 11) is 0. The maximum absolute atomic E-state index is 11.9. The number of carbonyl (C=O) groups is 1. The van der Waals surface area contributed by atoms with E-state index in [1.54, 1.807) is 6.08 Å². The Morgan fingerprint density at radius 3 is 2.48 bits per heavy atom. The molecule has 0 saturated carbocycles. The average Bonchev–Trinajstić information content (AvgIpc) is 2.95. The predicted octanol–water partition coefficient (Wildman–Crippen LogP) is 3.79. The van der Waals surface area contributed by atoms with Gasteiger partial charge in [0.2, 0.25) is 5.91 Å². The molecular formula is C21H25N3O. The number of rotatable bonds is 5. The van der Waals surface area contributed by atoms with Crippen molar-refractivity contribution < 1.29 is 4.79 Å². The van der Waals surface area contributed by atoms with Crippen LogP contribution in [-0.4, -0.2) is 24.0 Å². The van der Waals surface area contributed by atoms with Gasteiger partial charge >= 0.3 is 0 Å². The second-order valence-corrected chi connectivity index (χ2v) is 6.39. The molecule has 0 radical (unpaired) electrons. The van der Waals surface area contributed by atoms with E-state index in [4.69, 9.17) is 0 Å². The fourth-order valence-corrected chi connectivity index (χ4v) is 2.99. The Labute approximate surface area is 149 Å². The molecule has 1 amide bonds. The molecule has 2 aromatic rings. The molecule has 1 aromatic heterocycles. The normalized spacial score (nSPS) is 15.1. The van der Waals surface area contributed by atoms with Crippen molar-refractivity contribution in [2.45, 2.75) is 32.2 Å². The minimum absolute atomic E-state index is 0.0968. The lowest BCUT2D eigenvalue weighted by Gasteiger charge is -2.21. The summed E-state index contributed by atoms with van der Waals surface area (Å²) in [6.07, 6.45) is 10.4. The molecular weight excluding hydrogens is 310 g/mol. The van der Waals surface area contributed by atoms with Gasteiger partial charge in [-0.15, -0.1) is 0 Å². The van der Waals surface area contributed by atoms with Gasteiger partial charge in [-0.25, -0.2) is 4.98 Å². The molecule has 1 aromatic carbocycles. The van der Waals surface area contributed by atoms with Gasteiger partial charge < -0.3 is 10.2 Å². The topological polar surface area (TPSA) is 45.2 Å². The standard InChI is InChI=1S/C21H25N3O/c25-21(13-11-18-8-4-3-5-9-18)23-17-19-10-12-20(22-16-19)24-14-6-1-2-7-15-24/h3-5,8-13,16H,1-2,6-7,14-15,17H2,(H,23,25)/b13-11+. The first-order valence-electron chi connectivity index (χ1n) is 9.02. The molecule has 2 heterocycles. The van der Waals surface area contributed by atoms with Gasteiger partial charge in [0.15, 0.2) is 0 Å². The van der Waals surface area contributed by atoms with Gasteiger partial charge in [0, 0.05) is 31.9 Å². The summed E-state index contributed by atoms with van der Waals surface area (Å²) in [5.74, 6) is 0.946. The SMILES string of the molecule is O=C(/C=C/c1ccccc1)NCc1ccc(N2CCCCCC2)nc1. The van der Waals surface area contributed by atoms with E-state index < -0.39 is 0 Å². The minimum Gasteiger partial charge on any atom is -0.357 e. The lowest BCUT2D eigenvalue weighted by Crippen LogP contribution is -2.25. The van der Waals surface area contributed by atoms with E-state index in [1.807, 2.05) is 42.6 Å². The average molecular weight is 335 g/mol. The molecule has 3 rings (SSSR count). The van der Waals surface area contributed by atoms with E-state index >= 15 is 0 Å². The highest BCUT2D eigenvalue weighted by Crippen LogP contribution is 2.17. The number of benzene rings is 1. The van der Waals surface area contributed by atoms with E-state index in [2.05, 4.69) is 27.3 Å². The van der Waals surface area contributed by atoms with E-state index in [9.17, 15) is 4.79 Å². The van der Waals surface area contributed by atoms with Crippen LogP contribution in [0.3, 0.4) is 0 Å². The van der Waals surface area contributed by atoms with Crippen molar-refractivity contribution in [2.75, 3.05) is 18.0 Å². The number of hydrogen-bond acceptors (Lipinski definition) is 3. The first-order valence-corrected chi connectivity index (χ1v) is 9.02. The quantitative estimate of drug-likeness (QED) is 0.846. The molecule has 1 aliphatic rings. The van der Waals surface area contributed by atoms with Gasteiger partial charge in [0.1, 0.15) is 5.82 Å². The van der Waals surface area contributed by atoms with Gasteiger partial charge in [-0.05, 0) is 36.1 Å². The number of hydrogen-bond donors (Lipinski definition) is 1. The molecule has 0 aliphatic carbocycles. The lowest BCUT2D eigenvalue weighted by molar-refractivity contribution is -0.116. The highest BCUT2D eigenvalue weighted by Gasteiger charge is 2.10. The second kappa shape index (κ2) is 9.02. The van der Waals surface area contributed by atoms with Crippen LogP contribution in [0.1, 0.15) is 36.8 Å². The smallest absolute Gasteiger partial charge is 0.244 e. The van der Waals surface area contributed by atoms with Crippen molar-refractivity contribution in [3.63, 3.8) is 0 Å². The third-order valence-electron chi connectivity index (χ3n) is 4.43. The van der Waals surface area contributed by atoms with Crippen LogP contribution >= 0.6 is 0 Å². The Morgan fingerprint density at radius 2 is 1.80 bits per heavy atom. The summed E-state index contributed by atoms with van der Waals surface area (Å²) in [5, 5.41) is 2.90. The Bertz CT molecular complexity index is 687. The van der Waals surface area contributed by atoms with Crippen LogP contribution in [0.25, 0.3) is 6.08 Å². The molecule has 1 N–H and O–H groups in total. The lowest BCUT2D eigenvalue weighted by atomic mass is 10.2. The molecule has 0 unspecified atom stereocenters. The number of nitrogens with one attached hydrogen (secondary N) is 1. The Hall–Kier alpha value is -2.62. The highest BCUT2D eigenvalue weighted by atomic mass is 16.1. The van der Waals surface area contributed by atoms with E-state index in [0.717, 1.165) is 30.0 Å². The summed E-state index contributed by atoms with van der Waals surface area (Å²) in [5.41, 5.74) is 2.03. The molecule has 25 heavy (non-hydrogen) atoms. The van der Waals surface area contributed by atoms with Crippen LogP contribution < -0.4 is 10.2 Å². The largest absolute Gasteiger partial charge is 0.357 e. The number of aromatic nitrogens is 1. The molecule has 0 spiro atoms. The first-order chi connectivity index (χ1) is 12.3. The number of nitrogens with zero attached hydrogens (tertiary/aromatic N) is 2. The third kappa shape index (κ3) is 5.45. The molecule has 1 saturated heterocycles. The number of anilines is 1. The number of carbonyl (C=O) groups excluding carboxylic acids is 1. The Kier molecular flexibility index (Phi) is 6.21. The van der Waals surface area contributed by atoms with Crippen LogP contribution in [0.5, 0.6) is 0 Å². The summed E-state index contributed by atoms with van der Waals surface area (Å²) in [4.78, 5) is 18.8. The van der Waals surface area contributed by atoms with Crippen LogP contribution in [0.4, 0.5) is 5.82 Å². The predicted molar refractivity (Wildman–Crippen MR) is 102 cm³/mol. The molecule has 1 aliphatic heterocycles. The van der Waals surface area contributed by atoms with Crippen molar-refractivity contribution in [1.82, 2.24) is 10.3 Å². The second-order valence-electron chi connectivity index (χ2n) is 6.39. The zero-order chi connectivity index (χ0) is 17.3. The van der Waals surface area contributed by atoms with Crippen LogP contribution in [0.2, 0.25) is 0 Å². The van der Waals surface area contributed by atoms with Crippen molar-refractivity contribution in [3.05, 3.63) is 65.9 Å². The van der Waals surface area contributed by atoms with Crippen molar-refractivity contribution in [3.8, 4) is 0 Å². The number of pyridine rings is 1. The molecule has 4 nitrogen and oxygen atoms in total. The summed E-state index contributed by atoms with van der Waals surface area (Å²) < 4.78 is 0. The molecule has 0 bridgehead atoms. The minimum atomic E-state index is -0.0968. The van der Waals surface area contributed by atoms with Gasteiger partial charge in [-0.1, -0.05) is 49.2 Å². The van der Waals surface area contributed by atoms with Crippen molar-refractivity contribution in [2.24, 2.45) is 0 Å². The summed E-state index contributed by atoms with van der Waals surface area (Å²) in [6.45, 7) is 2.67. The highest BCUT2D eigenvalue weighted by molar-refractivity contribution is 5.91. The molecule has 1 fully saturated rings. The van der Waals surface area contributed by atoms with Crippen molar-refractivity contribution >= 4 is 17.8 Å². The maximum atomic E-state index is 11.9. The fourth-order valence-electron chi connectivity index (χ4n) is 2.99.